The van der Waals surface area contributed by atoms with Gasteiger partial charge in [-0.3, -0.25) is 0 Å². The second kappa shape index (κ2) is 5.98. The molecule has 0 aliphatic carbocycles. The van der Waals surface area contributed by atoms with Crippen molar-refractivity contribution in [3.05, 3.63) is 29.6 Å². The molecule has 0 radical (unpaired) electrons. The first-order valence-corrected chi connectivity index (χ1v) is 5.93. The van der Waals surface area contributed by atoms with Crippen LogP contribution in [0.3, 0.4) is 0 Å². The van der Waals surface area contributed by atoms with Gasteiger partial charge in [-0.2, -0.15) is 0 Å². The van der Waals surface area contributed by atoms with Crippen LogP contribution in [0.1, 0.15) is 18.4 Å². The summed E-state index contributed by atoms with van der Waals surface area (Å²) in [6.07, 6.45) is 2.05. The van der Waals surface area contributed by atoms with E-state index in [0.717, 1.165) is 31.6 Å². The molecular formula is C13H18FNO2. The Morgan fingerprint density at radius 2 is 2.18 bits per heavy atom. The van der Waals surface area contributed by atoms with E-state index in [1.54, 1.807) is 6.07 Å². The number of benzene rings is 1. The fourth-order valence-corrected chi connectivity index (χ4v) is 1.98. The van der Waals surface area contributed by atoms with Crippen LogP contribution in [0, 0.1) is 5.82 Å². The van der Waals surface area contributed by atoms with E-state index in [0.29, 0.717) is 18.3 Å². The summed E-state index contributed by atoms with van der Waals surface area (Å²) >= 11 is 0. The molecule has 17 heavy (non-hydrogen) atoms. The molecule has 1 aromatic rings. The molecule has 2 rings (SSSR count). The van der Waals surface area contributed by atoms with E-state index in [1.165, 1.54) is 13.2 Å². The highest BCUT2D eigenvalue weighted by atomic mass is 19.1. The van der Waals surface area contributed by atoms with Gasteiger partial charge in [0.05, 0.1) is 7.11 Å². The van der Waals surface area contributed by atoms with Crippen molar-refractivity contribution in [1.29, 1.82) is 0 Å². The minimum atomic E-state index is -0.307. The molecule has 1 fully saturated rings. The lowest BCUT2D eigenvalue weighted by molar-refractivity contribution is 0.0776. The van der Waals surface area contributed by atoms with Crippen LogP contribution in [0.4, 0.5) is 4.39 Å². The molecule has 0 atom stereocenters. The largest absolute Gasteiger partial charge is 0.494 e. The molecule has 0 saturated carbocycles. The van der Waals surface area contributed by atoms with Crippen LogP contribution in [0.25, 0.3) is 0 Å². The number of hydrogen-bond acceptors (Lipinski definition) is 3. The van der Waals surface area contributed by atoms with Crippen molar-refractivity contribution in [2.24, 2.45) is 0 Å². The van der Waals surface area contributed by atoms with Gasteiger partial charge in [-0.15, -0.1) is 0 Å². The predicted octanol–water partition coefficient (Wildman–Crippen LogP) is 2.10. The predicted molar refractivity (Wildman–Crippen MR) is 63.6 cm³/mol. The van der Waals surface area contributed by atoms with Crippen molar-refractivity contribution < 1.29 is 13.9 Å². The standard InChI is InChI=1S/C13H18FNO2/c1-16-13-3-2-10(8-12(13)14)9-15-11-4-6-17-7-5-11/h2-3,8,11,15H,4-7,9H2,1H3. The summed E-state index contributed by atoms with van der Waals surface area (Å²) < 4.78 is 23.6. The van der Waals surface area contributed by atoms with Gasteiger partial charge in [0.15, 0.2) is 11.6 Å². The van der Waals surface area contributed by atoms with E-state index in [2.05, 4.69) is 5.32 Å². The van der Waals surface area contributed by atoms with Crippen LogP contribution in [-0.2, 0) is 11.3 Å². The molecule has 1 aliphatic rings. The second-order valence-electron chi connectivity index (χ2n) is 4.24. The molecule has 0 bridgehead atoms. The van der Waals surface area contributed by atoms with Gasteiger partial charge >= 0.3 is 0 Å². The zero-order valence-electron chi connectivity index (χ0n) is 10.0. The Labute approximate surface area is 101 Å². The molecule has 1 N–H and O–H groups in total. The average molecular weight is 239 g/mol. The summed E-state index contributed by atoms with van der Waals surface area (Å²) in [5.41, 5.74) is 0.940. The number of ether oxygens (including phenoxy) is 2. The third kappa shape index (κ3) is 3.41. The fourth-order valence-electron chi connectivity index (χ4n) is 1.98. The lowest BCUT2D eigenvalue weighted by Crippen LogP contribution is -2.34. The zero-order chi connectivity index (χ0) is 12.1. The van der Waals surface area contributed by atoms with Crippen LogP contribution >= 0.6 is 0 Å². The minimum absolute atomic E-state index is 0.291. The molecule has 1 saturated heterocycles. The Bertz CT molecular complexity index is 364. The molecule has 0 unspecified atom stereocenters. The molecule has 0 amide bonds. The SMILES string of the molecule is COc1ccc(CNC2CCOCC2)cc1F. The van der Waals surface area contributed by atoms with E-state index >= 15 is 0 Å². The van der Waals surface area contributed by atoms with Crippen LogP contribution in [-0.4, -0.2) is 26.4 Å². The van der Waals surface area contributed by atoms with Gasteiger partial charge in [0.1, 0.15) is 0 Å². The van der Waals surface area contributed by atoms with E-state index in [-0.39, 0.29) is 5.82 Å². The van der Waals surface area contributed by atoms with Crippen molar-refractivity contribution in [2.45, 2.75) is 25.4 Å². The highest BCUT2D eigenvalue weighted by Crippen LogP contribution is 2.18. The van der Waals surface area contributed by atoms with E-state index in [9.17, 15) is 4.39 Å². The summed E-state index contributed by atoms with van der Waals surface area (Å²) in [7, 11) is 1.47. The third-order valence-electron chi connectivity index (χ3n) is 3.03. The minimum Gasteiger partial charge on any atom is -0.494 e. The third-order valence-corrected chi connectivity index (χ3v) is 3.03. The average Bonchev–Trinajstić information content (AvgIpc) is 2.38. The maximum atomic E-state index is 13.4. The highest BCUT2D eigenvalue weighted by Gasteiger charge is 2.13. The van der Waals surface area contributed by atoms with Gasteiger partial charge in [0.25, 0.3) is 0 Å². The first kappa shape index (κ1) is 12.3. The lowest BCUT2D eigenvalue weighted by Gasteiger charge is -2.23. The van der Waals surface area contributed by atoms with Crippen LogP contribution in [0.5, 0.6) is 5.75 Å². The summed E-state index contributed by atoms with van der Waals surface area (Å²) in [5, 5.41) is 3.42. The summed E-state index contributed by atoms with van der Waals surface area (Å²) in [6.45, 7) is 2.31. The molecule has 1 aliphatic heterocycles. The lowest BCUT2D eigenvalue weighted by atomic mass is 10.1. The Balaban J connectivity index is 1.87. The molecule has 4 heteroatoms. The molecule has 3 nitrogen and oxygen atoms in total. The van der Waals surface area contributed by atoms with Crippen LogP contribution in [0.2, 0.25) is 0 Å². The van der Waals surface area contributed by atoms with E-state index in [1.807, 2.05) is 6.07 Å². The maximum Gasteiger partial charge on any atom is 0.165 e. The Kier molecular flexibility index (Phi) is 4.34. The monoisotopic (exact) mass is 239 g/mol. The van der Waals surface area contributed by atoms with Gasteiger partial charge in [0.2, 0.25) is 0 Å². The van der Waals surface area contributed by atoms with Crippen molar-refractivity contribution in [1.82, 2.24) is 5.32 Å². The molecule has 1 aromatic carbocycles. The van der Waals surface area contributed by atoms with Gasteiger partial charge in [0, 0.05) is 25.8 Å². The quantitative estimate of drug-likeness (QED) is 0.873. The number of methoxy groups -OCH3 is 1. The second-order valence-corrected chi connectivity index (χ2v) is 4.24. The van der Waals surface area contributed by atoms with Crippen molar-refractivity contribution in [3.8, 4) is 5.75 Å². The van der Waals surface area contributed by atoms with E-state index < -0.39 is 0 Å². The zero-order valence-corrected chi connectivity index (χ0v) is 10.0. The first-order chi connectivity index (χ1) is 8.29. The summed E-state index contributed by atoms with van der Waals surface area (Å²) in [4.78, 5) is 0. The Hall–Kier alpha value is -1.13. The van der Waals surface area contributed by atoms with Gasteiger partial charge in [-0.05, 0) is 30.5 Å². The van der Waals surface area contributed by atoms with Gasteiger partial charge < -0.3 is 14.8 Å². The maximum absolute atomic E-state index is 13.4. The summed E-state index contributed by atoms with van der Waals surface area (Å²) in [6, 6.07) is 5.55. The number of nitrogens with one attached hydrogen (secondary N) is 1. The Morgan fingerprint density at radius 3 is 2.82 bits per heavy atom. The van der Waals surface area contributed by atoms with Crippen LogP contribution in [0.15, 0.2) is 18.2 Å². The van der Waals surface area contributed by atoms with Crippen molar-refractivity contribution >= 4 is 0 Å². The normalized spacial score (nSPS) is 17.1. The van der Waals surface area contributed by atoms with Crippen LogP contribution < -0.4 is 10.1 Å². The van der Waals surface area contributed by atoms with E-state index in [4.69, 9.17) is 9.47 Å². The van der Waals surface area contributed by atoms with Crippen molar-refractivity contribution in [2.75, 3.05) is 20.3 Å². The molecule has 1 heterocycles. The van der Waals surface area contributed by atoms with Gasteiger partial charge in [-0.25, -0.2) is 4.39 Å². The molecule has 94 valence electrons. The molecular weight excluding hydrogens is 221 g/mol. The number of halogens is 1. The number of rotatable bonds is 4. The fraction of sp³-hybridized carbons (Fsp3) is 0.538. The molecule has 0 aromatic heterocycles. The van der Waals surface area contributed by atoms with Gasteiger partial charge in [-0.1, -0.05) is 6.07 Å². The Morgan fingerprint density at radius 1 is 1.41 bits per heavy atom. The van der Waals surface area contributed by atoms with Crippen molar-refractivity contribution in [3.63, 3.8) is 0 Å². The smallest absolute Gasteiger partial charge is 0.165 e. The first-order valence-electron chi connectivity index (χ1n) is 5.93. The highest BCUT2D eigenvalue weighted by molar-refractivity contribution is 5.29. The molecule has 0 spiro atoms. The summed E-state index contributed by atoms with van der Waals surface area (Å²) in [5.74, 6) is -0.0152. The topological polar surface area (TPSA) is 30.5 Å². The number of hydrogen-bond donors (Lipinski definition) is 1.